The fourth-order valence-corrected chi connectivity index (χ4v) is 3.03. The summed E-state index contributed by atoms with van der Waals surface area (Å²) in [5, 5.41) is 0. The zero-order valence-corrected chi connectivity index (χ0v) is 12.6. The van der Waals surface area contributed by atoms with Gasteiger partial charge in [0.1, 0.15) is 6.10 Å². The van der Waals surface area contributed by atoms with Crippen LogP contribution in [0.5, 0.6) is 0 Å². The van der Waals surface area contributed by atoms with Crippen molar-refractivity contribution in [2.75, 3.05) is 6.61 Å². The molecule has 2 rings (SSSR count). The van der Waals surface area contributed by atoms with E-state index in [9.17, 15) is 0 Å². The van der Waals surface area contributed by atoms with Gasteiger partial charge in [0.25, 0.3) is 0 Å². The average molecular weight is 283 g/mol. The molecule has 0 aromatic carbocycles. The number of halogens is 1. The molecule has 1 fully saturated rings. The molecule has 0 aliphatic heterocycles. The zero-order valence-electron chi connectivity index (χ0n) is 11.9. The van der Waals surface area contributed by atoms with Crippen molar-refractivity contribution in [1.29, 1.82) is 0 Å². The Morgan fingerprint density at radius 2 is 2.05 bits per heavy atom. The molecule has 1 aliphatic rings. The first-order chi connectivity index (χ1) is 9.24. The molecule has 1 atom stereocenters. The highest BCUT2D eigenvalue weighted by Gasteiger charge is 2.28. The van der Waals surface area contributed by atoms with Crippen molar-refractivity contribution in [1.82, 2.24) is 9.97 Å². The van der Waals surface area contributed by atoms with Crippen molar-refractivity contribution < 1.29 is 4.74 Å². The van der Waals surface area contributed by atoms with Crippen molar-refractivity contribution >= 4 is 11.6 Å². The number of aryl methyl sites for hydroxylation is 1. The second kappa shape index (κ2) is 7.20. The number of hydrogen-bond donors (Lipinski definition) is 0. The summed E-state index contributed by atoms with van der Waals surface area (Å²) in [6.45, 7) is 4.73. The van der Waals surface area contributed by atoms with Crippen LogP contribution >= 0.6 is 11.6 Å². The number of aromatic nitrogens is 2. The summed E-state index contributed by atoms with van der Waals surface area (Å²) >= 11 is 5.91. The van der Waals surface area contributed by atoms with Crippen LogP contribution in [0.3, 0.4) is 0 Å². The fourth-order valence-electron chi connectivity index (χ4n) is 2.89. The highest BCUT2D eigenvalue weighted by molar-refractivity contribution is 6.16. The standard InChI is InChI=1S/C15H23ClN2O/c1-3-19-14(12-7-5-4-6-8-12)15-17-11(2)9-13(10-16)18-15/h9,12,14H,3-8,10H2,1-2H3. The van der Waals surface area contributed by atoms with E-state index in [-0.39, 0.29) is 6.10 Å². The fraction of sp³-hybridized carbons (Fsp3) is 0.733. The van der Waals surface area contributed by atoms with E-state index in [2.05, 4.69) is 9.97 Å². The molecule has 0 amide bonds. The van der Waals surface area contributed by atoms with Crippen LogP contribution in [-0.4, -0.2) is 16.6 Å². The molecule has 1 heterocycles. The predicted octanol–water partition coefficient (Wildman–Crippen LogP) is 4.18. The Balaban J connectivity index is 2.24. The molecule has 106 valence electrons. The van der Waals surface area contributed by atoms with Crippen LogP contribution in [0.1, 0.15) is 62.3 Å². The minimum absolute atomic E-state index is 0.0344. The summed E-state index contributed by atoms with van der Waals surface area (Å²) in [4.78, 5) is 9.16. The number of ether oxygens (including phenoxy) is 1. The van der Waals surface area contributed by atoms with Crippen LogP contribution in [0.25, 0.3) is 0 Å². The Labute approximate surface area is 120 Å². The van der Waals surface area contributed by atoms with Crippen LogP contribution in [-0.2, 0) is 10.6 Å². The van der Waals surface area contributed by atoms with Crippen molar-refractivity contribution in [2.24, 2.45) is 5.92 Å². The van der Waals surface area contributed by atoms with Crippen LogP contribution in [0.4, 0.5) is 0 Å². The molecule has 0 N–H and O–H groups in total. The van der Waals surface area contributed by atoms with Gasteiger partial charge < -0.3 is 4.74 Å². The minimum atomic E-state index is 0.0344. The molecule has 1 aliphatic carbocycles. The van der Waals surface area contributed by atoms with E-state index in [0.29, 0.717) is 18.4 Å². The SMILES string of the molecule is CCOC(c1nc(C)cc(CCl)n1)C1CCCCC1. The summed E-state index contributed by atoms with van der Waals surface area (Å²) < 4.78 is 5.95. The lowest BCUT2D eigenvalue weighted by Gasteiger charge is -2.29. The van der Waals surface area contributed by atoms with E-state index in [1.165, 1.54) is 32.1 Å². The highest BCUT2D eigenvalue weighted by Crippen LogP contribution is 2.35. The van der Waals surface area contributed by atoms with Crippen LogP contribution in [0.2, 0.25) is 0 Å². The van der Waals surface area contributed by atoms with E-state index in [1.54, 1.807) is 0 Å². The third-order valence-electron chi connectivity index (χ3n) is 3.74. The summed E-state index contributed by atoms with van der Waals surface area (Å²) in [7, 11) is 0. The van der Waals surface area contributed by atoms with Gasteiger partial charge in [-0.3, -0.25) is 0 Å². The topological polar surface area (TPSA) is 35.0 Å². The molecule has 4 heteroatoms. The Morgan fingerprint density at radius 1 is 1.32 bits per heavy atom. The molecule has 1 aromatic heterocycles. The van der Waals surface area contributed by atoms with Crippen molar-refractivity contribution in [2.45, 2.75) is 57.9 Å². The van der Waals surface area contributed by atoms with Gasteiger partial charge in [-0.15, -0.1) is 11.6 Å². The van der Waals surface area contributed by atoms with Gasteiger partial charge in [-0.2, -0.15) is 0 Å². The first-order valence-electron chi connectivity index (χ1n) is 7.26. The van der Waals surface area contributed by atoms with Gasteiger partial charge in [0.2, 0.25) is 0 Å². The van der Waals surface area contributed by atoms with Crippen LogP contribution < -0.4 is 0 Å². The Bertz CT molecular complexity index is 405. The lowest BCUT2D eigenvalue weighted by Crippen LogP contribution is -2.22. The Morgan fingerprint density at radius 3 is 2.68 bits per heavy atom. The minimum Gasteiger partial charge on any atom is -0.370 e. The van der Waals surface area contributed by atoms with E-state index < -0.39 is 0 Å². The molecule has 0 bridgehead atoms. The lowest BCUT2D eigenvalue weighted by atomic mass is 9.85. The van der Waals surface area contributed by atoms with Gasteiger partial charge in [-0.05, 0) is 38.7 Å². The molecule has 0 saturated heterocycles. The van der Waals surface area contributed by atoms with Crippen molar-refractivity contribution in [3.8, 4) is 0 Å². The Kier molecular flexibility index (Phi) is 5.59. The normalized spacial score (nSPS) is 18.5. The van der Waals surface area contributed by atoms with E-state index in [4.69, 9.17) is 16.3 Å². The molecule has 0 radical (unpaired) electrons. The largest absolute Gasteiger partial charge is 0.370 e. The van der Waals surface area contributed by atoms with Crippen molar-refractivity contribution in [3.05, 3.63) is 23.3 Å². The van der Waals surface area contributed by atoms with Gasteiger partial charge >= 0.3 is 0 Å². The molecule has 1 aromatic rings. The first-order valence-corrected chi connectivity index (χ1v) is 7.80. The molecule has 0 spiro atoms. The molecule has 1 saturated carbocycles. The molecule has 1 unspecified atom stereocenters. The van der Waals surface area contributed by atoms with Gasteiger partial charge in [0.05, 0.1) is 11.6 Å². The van der Waals surface area contributed by atoms with E-state index in [0.717, 1.165) is 17.2 Å². The van der Waals surface area contributed by atoms with Gasteiger partial charge in [0, 0.05) is 12.3 Å². The third-order valence-corrected chi connectivity index (χ3v) is 4.01. The number of rotatable bonds is 5. The second-order valence-electron chi connectivity index (χ2n) is 5.27. The molecular weight excluding hydrogens is 260 g/mol. The maximum atomic E-state index is 5.95. The van der Waals surface area contributed by atoms with E-state index in [1.807, 2.05) is 19.9 Å². The lowest BCUT2D eigenvalue weighted by molar-refractivity contribution is -0.000395. The molecule has 19 heavy (non-hydrogen) atoms. The van der Waals surface area contributed by atoms with Gasteiger partial charge in [-0.25, -0.2) is 9.97 Å². The Hall–Kier alpha value is -0.670. The van der Waals surface area contributed by atoms with E-state index >= 15 is 0 Å². The van der Waals surface area contributed by atoms with Gasteiger partial charge in [0.15, 0.2) is 5.82 Å². The highest BCUT2D eigenvalue weighted by atomic mass is 35.5. The number of nitrogens with zero attached hydrogens (tertiary/aromatic N) is 2. The first kappa shape index (κ1) is 14.7. The third kappa shape index (κ3) is 3.90. The van der Waals surface area contributed by atoms with Crippen LogP contribution in [0, 0.1) is 12.8 Å². The summed E-state index contributed by atoms with van der Waals surface area (Å²) in [5.41, 5.74) is 1.87. The predicted molar refractivity (Wildman–Crippen MR) is 77.3 cm³/mol. The summed E-state index contributed by atoms with van der Waals surface area (Å²) in [6, 6.07) is 1.94. The average Bonchev–Trinajstić information content (AvgIpc) is 2.45. The van der Waals surface area contributed by atoms with Gasteiger partial charge in [-0.1, -0.05) is 19.3 Å². The summed E-state index contributed by atoms with van der Waals surface area (Å²) in [6.07, 6.45) is 6.41. The maximum absolute atomic E-state index is 5.95. The van der Waals surface area contributed by atoms with Crippen LogP contribution in [0.15, 0.2) is 6.07 Å². The summed E-state index contributed by atoms with van der Waals surface area (Å²) in [5.74, 6) is 1.81. The molecule has 3 nitrogen and oxygen atoms in total. The monoisotopic (exact) mass is 282 g/mol. The maximum Gasteiger partial charge on any atom is 0.157 e. The van der Waals surface area contributed by atoms with Crippen molar-refractivity contribution in [3.63, 3.8) is 0 Å². The zero-order chi connectivity index (χ0) is 13.7. The number of alkyl halides is 1. The molecular formula is C15H23ClN2O. The smallest absolute Gasteiger partial charge is 0.157 e. The quantitative estimate of drug-likeness (QED) is 0.760. The number of hydrogen-bond acceptors (Lipinski definition) is 3. The second-order valence-corrected chi connectivity index (χ2v) is 5.53.